The van der Waals surface area contributed by atoms with Crippen molar-refractivity contribution in [3.05, 3.63) is 59.3 Å². The second-order valence-electron chi connectivity index (χ2n) is 7.51. The van der Waals surface area contributed by atoms with Gasteiger partial charge in [-0.1, -0.05) is 13.8 Å². The number of aromatic nitrogens is 5. The Labute approximate surface area is 172 Å². The van der Waals surface area contributed by atoms with Crippen molar-refractivity contribution in [2.24, 2.45) is 0 Å². The summed E-state index contributed by atoms with van der Waals surface area (Å²) in [4.78, 5) is 4.72. The Bertz CT molecular complexity index is 1210. The van der Waals surface area contributed by atoms with Crippen LogP contribution >= 0.6 is 0 Å². The van der Waals surface area contributed by atoms with Crippen LogP contribution < -0.4 is 0 Å². The zero-order valence-corrected chi connectivity index (χ0v) is 17.2. The van der Waals surface area contributed by atoms with E-state index in [2.05, 4.69) is 10.2 Å². The van der Waals surface area contributed by atoms with Gasteiger partial charge < -0.3 is 0 Å². The number of rotatable bonds is 5. The molecule has 0 N–H and O–H groups in total. The van der Waals surface area contributed by atoms with E-state index in [-0.39, 0.29) is 17.3 Å². The SMILES string of the molecule is CCn1cc(-c2cc(C(F)F)c3c(C(C)C)nn(-c4ccc(F)cc4)c3n2)c(C)n1. The number of hydrogen-bond acceptors (Lipinski definition) is 3. The molecule has 30 heavy (non-hydrogen) atoms. The van der Waals surface area contributed by atoms with E-state index < -0.39 is 6.43 Å². The van der Waals surface area contributed by atoms with Gasteiger partial charge in [-0.3, -0.25) is 4.68 Å². The van der Waals surface area contributed by atoms with Gasteiger partial charge >= 0.3 is 0 Å². The van der Waals surface area contributed by atoms with Gasteiger partial charge in [-0.15, -0.1) is 0 Å². The molecule has 3 heterocycles. The highest BCUT2D eigenvalue weighted by Gasteiger charge is 2.25. The van der Waals surface area contributed by atoms with Crippen LogP contribution in [-0.4, -0.2) is 24.5 Å². The molecule has 4 aromatic rings. The monoisotopic (exact) mass is 413 g/mol. The highest BCUT2D eigenvalue weighted by Crippen LogP contribution is 2.37. The lowest BCUT2D eigenvalue weighted by molar-refractivity contribution is 0.153. The Morgan fingerprint density at radius 1 is 1.07 bits per heavy atom. The molecule has 0 amide bonds. The Kier molecular flexibility index (Phi) is 5.09. The molecule has 0 atom stereocenters. The molecule has 8 heteroatoms. The number of aryl methyl sites for hydroxylation is 2. The number of halogens is 3. The van der Waals surface area contributed by atoms with Crippen LogP contribution in [0.25, 0.3) is 28.0 Å². The smallest absolute Gasteiger partial charge is 0.264 e. The first-order chi connectivity index (χ1) is 14.3. The van der Waals surface area contributed by atoms with Crippen LogP contribution in [0.3, 0.4) is 0 Å². The van der Waals surface area contributed by atoms with Crippen LogP contribution in [0.2, 0.25) is 0 Å². The molecular formula is C22H22F3N5. The van der Waals surface area contributed by atoms with Crippen molar-refractivity contribution in [2.45, 2.75) is 46.6 Å². The summed E-state index contributed by atoms with van der Waals surface area (Å²) in [5.74, 6) is -0.479. The summed E-state index contributed by atoms with van der Waals surface area (Å²) in [5.41, 5.74) is 3.11. The summed E-state index contributed by atoms with van der Waals surface area (Å²) < 4.78 is 45.0. The summed E-state index contributed by atoms with van der Waals surface area (Å²) >= 11 is 0. The number of hydrogen-bond donors (Lipinski definition) is 0. The highest BCUT2D eigenvalue weighted by atomic mass is 19.3. The lowest BCUT2D eigenvalue weighted by Crippen LogP contribution is -2.00. The molecule has 0 unspecified atom stereocenters. The molecule has 0 bridgehead atoms. The van der Waals surface area contributed by atoms with Crippen LogP contribution in [0, 0.1) is 12.7 Å². The third kappa shape index (κ3) is 3.36. The zero-order chi connectivity index (χ0) is 21.6. The fourth-order valence-electron chi connectivity index (χ4n) is 3.58. The maximum Gasteiger partial charge on any atom is 0.264 e. The average molecular weight is 413 g/mol. The summed E-state index contributed by atoms with van der Waals surface area (Å²) in [7, 11) is 0. The lowest BCUT2D eigenvalue weighted by atomic mass is 10.0. The molecule has 0 aliphatic heterocycles. The molecular weight excluding hydrogens is 391 g/mol. The van der Waals surface area contributed by atoms with Gasteiger partial charge in [-0.2, -0.15) is 10.2 Å². The van der Waals surface area contributed by atoms with E-state index in [0.717, 1.165) is 0 Å². The molecule has 0 spiro atoms. The summed E-state index contributed by atoms with van der Waals surface area (Å²) in [6.07, 6.45) is -0.889. The summed E-state index contributed by atoms with van der Waals surface area (Å²) in [5, 5.41) is 9.34. The number of benzene rings is 1. The number of fused-ring (bicyclic) bond motifs is 1. The molecule has 0 fully saturated rings. The standard InChI is InChI=1S/C22H22F3N5/c1-5-29-11-17(13(4)27-29)18-10-16(21(24)25)19-20(12(2)3)28-30(22(19)26-18)15-8-6-14(23)7-9-15/h6-12,21H,5H2,1-4H3. The highest BCUT2D eigenvalue weighted by molar-refractivity contribution is 5.87. The van der Waals surface area contributed by atoms with Gasteiger partial charge in [0.1, 0.15) is 5.82 Å². The lowest BCUT2D eigenvalue weighted by Gasteiger charge is -2.09. The van der Waals surface area contributed by atoms with E-state index in [4.69, 9.17) is 4.98 Å². The second kappa shape index (κ2) is 7.59. The average Bonchev–Trinajstić information content (AvgIpc) is 3.28. The van der Waals surface area contributed by atoms with Gasteiger partial charge in [-0.05, 0) is 50.1 Å². The molecule has 1 aromatic carbocycles. The molecule has 5 nitrogen and oxygen atoms in total. The van der Waals surface area contributed by atoms with Gasteiger partial charge in [-0.25, -0.2) is 22.8 Å². The minimum Gasteiger partial charge on any atom is -0.272 e. The minimum absolute atomic E-state index is 0.0936. The molecule has 0 aliphatic rings. The van der Waals surface area contributed by atoms with Gasteiger partial charge in [0.25, 0.3) is 6.43 Å². The predicted molar refractivity (Wildman–Crippen MR) is 110 cm³/mol. The van der Waals surface area contributed by atoms with Crippen LogP contribution in [0.5, 0.6) is 0 Å². The fourth-order valence-corrected chi connectivity index (χ4v) is 3.58. The van der Waals surface area contributed by atoms with Gasteiger partial charge in [0.2, 0.25) is 0 Å². The van der Waals surface area contributed by atoms with Crippen molar-refractivity contribution in [1.82, 2.24) is 24.5 Å². The van der Waals surface area contributed by atoms with E-state index in [9.17, 15) is 13.2 Å². The van der Waals surface area contributed by atoms with E-state index in [1.807, 2.05) is 27.7 Å². The topological polar surface area (TPSA) is 48.5 Å². The Balaban J connectivity index is 2.06. The predicted octanol–water partition coefficient (Wildman–Crippen LogP) is 5.81. The number of alkyl halides is 2. The fraction of sp³-hybridized carbons (Fsp3) is 0.318. The first-order valence-corrected chi connectivity index (χ1v) is 9.82. The van der Waals surface area contributed by atoms with Crippen molar-refractivity contribution in [2.75, 3.05) is 0 Å². The van der Waals surface area contributed by atoms with Gasteiger partial charge in [0.05, 0.1) is 28.2 Å². The van der Waals surface area contributed by atoms with Crippen LogP contribution in [-0.2, 0) is 6.54 Å². The summed E-state index contributed by atoms with van der Waals surface area (Å²) in [6.45, 7) is 8.24. The largest absolute Gasteiger partial charge is 0.272 e. The Hall–Kier alpha value is -3.16. The normalized spacial score (nSPS) is 11.9. The zero-order valence-electron chi connectivity index (χ0n) is 17.2. The van der Waals surface area contributed by atoms with Crippen molar-refractivity contribution >= 4 is 11.0 Å². The quantitative estimate of drug-likeness (QED) is 0.415. The van der Waals surface area contributed by atoms with Gasteiger partial charge in [0.15, 0.2) is 5.65 Å². The third-order valence-corrected chi connectivity index (χ3v) is 5.09. The van der Waals surface area contributed by atoms with Crippen molar-refractivity contribution in [3.8, 4) is 16.9 Å². The Morgan fingerprint density at radius 3 is 2.33 bits per heavy atom. The van der Waals surface area contributed by atoms with Crippen LogP contribution in [0.4, 0.5) is 13.2 Å². The second-order valence-corrected chi connectivity index (χ2v) is 7.51. The third-order valence-electron chi connectivity index (χ3n) is 5.09. The van der Waals surface area contributed by atoms with Crippen molar-refractivity contribution in [1.29, 1.82) is 0 Å². The summed E-state index contributed by atoms with van der Waals surface area (Å²) in [6, 6.07) is 7.17. The number of pyridine rings is 1. The molecule has 0 saturated carbocycles. The molecule has 4 rings (SSSR count). The van der Waals surface area contributed by atoms with E-state index in [1.165, 1.54) is 22.9 Å². The van der Waals surface area contributed by atoms with E-state index >= 15 is 0 Å². The first-order valence-electron chi connectivity index (χ1n) is 9.82. The first kappa shape index (κ1) is 20.1. The molecule has 156 valence electrons. The van der Waals surface area contributed by atoms with Crippen molar-refractivity contribution in [3.63, 3.8) is 0 Å². The Morgan fingerprint density at radius 2 is 1.77 bits per heavy atom. The van der Waals surface area contributed by atoms with Crippen LogP contribution in [0.15, 0.2) is 36.5 Å². The van der Waals surface area contributed by atoms with E-state index in [1.54, 1.807) is 23.0 Å². The van der Waals surface area contributed by atoms with Crippen molar-refractivity contribution < 1.29 is 13.2 Å². The van der Waals surface area contributed by atoms with E-state index in [0.29, 0.717) is 45.9 Å². The maximum absolute atomic E-state index is 14.1. The van der Waals surface area contributed by atoms with Crippen LogP contribution in [0.1, 0.15) is 50.1 Å². The molecule has 0 radical (unpaired) electrons. The minimum atomic E-state index is -2.70. The molecule has 0 saturated heterocycles. The van der Waals surface area contributed by atoms with Gasteiger partial charge in [0, 0.05) is 23.9 Å². The number of nitrogens with zero attached hydrogens (tertiary/aromatic N) is 5. The molecule has 0 aliphatic carbocycles. The molecule has 3 aromatic heterocycles. The maximum atomic E-state index is 14.1.